The van der Waals surface area contributed by atoms with Crippen LogP contribution in [0.25, 0.3) is 0 Å². The van der Waals surface area contributed by atoms with Crippen molar-refractivity contribution in [2.75, 3.05) is 13.1 Å². The molecule has 0 aromatic heterocycles. The van der Waals surface area contributed by atoms with Gasteiger partial charge in [0.25, 0.3) is 0 Å². The van der Waals surface area contributed by atoms with E-state index in [1.54, 1.807) is 0 Å². The highest BCUT2D eigenvalue weighted by Gasteiger charge is 2.18. The van der Waals surface area contributed by atoms with Crippen LogP contribution in [0.1, 0.15) is 37.8 Å². The van der Waals surface area contributed by atoms with Gasteiger partial charge in [0, 0.05) is 19.1 Å². The molecule has 2 rings (SSSR count). The van der Waals surface area contributed by atoms with Crippen molar-refractivity contribution in [3.63, 3.8) is 0 Å². The Morgan fingerprint density at radius 1 is 1.37 bits per heavy atom. The molecule has 0 spiro atoms. The Balaban J connectivity index is 1.96. The third kappa shape index (κ3) is 3.80. The van der Waals surface area contributed by atoms with Crippen molar-refractivity contribution in [1.29, 1.82) is 0 Å². The van der Waals surface area contributed by atoms with Crippen molar-refractivity contribution in [3.05, 3.63) is 35.4 Å². The lowest BCUT2D eigenvalue weighted by atomic mass is 10.0. The number of aryl methyl sites for hydroxylation is 1. The molecule has 0 radical (unpaired) electrons. The molecule has 1 unspecified atom stereocenters. The monoisotopic (exact) mass is 260 g/mol. The van der Waals surface area contributed by atoms with Crippen molar-refractivity contribution in [2.24, 2.45) is 0 Å². The van der Waals surface area contributed by atoms with E-state index in [2.05, 4.69) is 43.4 Å². The highest BCUT2D eigenvalue weighted by atomic mass is 16.2. The topological polar surface area (TPSA) is 32.3 Å². The first kappa shape index (κ1) is 14.1. The van der Waals surface area contributed by atoms with Crippen molar-refractivity contribution >= 4 is 5.91 Å². The highest BCUT2D eigenvalue weighted by molar-refractivity contribution is 5.78. The average molecular weight is 260 g/mol. The van der Waals surface area contributed by atoms with E-state index in [1.165, 1.54) is 11.1 Å². The molecule has 3 heteroatoms. The number of hydrogen-bond acceptors (Lipinski definition) is 2. The molecule has 0 fully saturated rings. The van der Waals surface area contributed by atoms with E-state index in [-0.39, 0.29) is 5.91 Å². The molecule has 104 valence electrons. The van der Waals surface area contributed by atoms with Crippen LogP contribution in [0.2, 0.25) is 0 Å². The third-order valence-electron chi connectivity index (χ3n) is 3.92. The Morgan fingerprint density at radius 2 is 2.11 bits per heavy atom. The van der Waals surface area contributed by atoms with Crippen molar-refractivity contribution < 1.29 is 4.79 Å². The van der Waals surface area contributed by atoms with Gasteiger partial charge in [-0.15, -0.1) is 0 Å². The number of carbonyl (C=O) groups excluding carboxylic acids is 1. The van der Waals surface area contributed by atoms with E-state index in [1.807, 2.05) is 4.90 Å². The van der Waals surface area contributed by atoms with Gasteiger partial charge in [-0.05, 0) is 37.3 Å². The Hall–Kier alpha value is -1.35. The lowest BCUT2D eigenvalue weighted by molar-refractivity contribution is -0.130. The minimum Gasteiger partial charge on any atom is -0.337 e. The summed E-state index contributed by atoms with van der Waals surface area (Å²) in [5.74, 6) is 0.219. The Bertz CT molecular complexity index is 431. The molecule has 1 aromatic rings. The number of amides is 1. The molecule has 1 heterocycles. The second-order valence-electron chi connectivity index (χ2n) is 5.38. The number of hydrogen-bond donors (Lipinski definition) is 1. The van der Waals surface area contributed by atoms with E-state index in [4.69, 9.17) is 0 Å². The first-order valence-corrected chi connectivity index (χ1v) is 7.28. The Labute approximate surface area is 116 Å². The van der Waals surface area contributed by atoms with Crippen molar-refractivity contribution in [1.82, 2.24) is 10.2 Å². The molecule has 19 heavy (non-hydrogen) atoms. The minimum atomic E-state index is 0.219. The summed E-state index contributed by atoms with van der Waals surface area (Å²) in [5.41, 5.74) is 2.70. The smallest absolute Gasteiger partial charge is 0.236 e. The predicted octanol–water partition coefficient (Wildman–Crippen LogP) is 2.35. The highest BCUT2D eigenvalue weighted by Crippen LogP contribution is 2.18. The first-order chi connectivity index (χ1) is 9.20. The fraction of sp³-hybridized carbons (Fsp3) is 0.562. The lowest BCUT2D eigenvalue weighted by Crippen LogP contribution is -2.40. The molecule has 0 saturated heterocycles. The molecule has 0 bridgehead atoms. The van der Waals surface area contributed by atoms with Crippen LogP contribution in [-0.4, -0.2) is 29.9 Å². The number of rotatable bonds is 4. The van der Waals surface area contributed by atoms with Gasteiger partial charge in [-0.1, -0.05) is 31.2 Å². The van der Waals surface area contributed by atoms with Gasteiger partial charge in [-0.3, -0.25) is 4.79 Å². The fourth-order valence-electron chi connectivity index (χ4n) is 2.43. The summed E-state index contributed by atoms with van der Waals surface area (Å²) in [6, 6.07) is 8.87. The predicted molar refractivity (Wildman–Crippen MR) is 77.9 cm³/mol. The van der Waals surface area contributed by atoms with E-state index < -0.39 is 0 Å². The molecular weight excluding hydrogens is 236 g/mol. The van der Waals surface area contributed by atoms with Gasteiger partial charge >= 0.3 is 0 Å². The summed E-state index contributed by atoms with van der Waals surface area (Å²) in [6.07, 6.45) is 3.20. The largest absolute Gasteiger partial charge is 0.337 e. The van der Waals surface area contributed by atoms with Crippen LogP contribution >= 0.6 is 0 Å². The lowest BCUT2D eigenvalue weighted by Gasteiger charge is -2.22. The van der Waals surface area contributed by atoms with Gasteiger partial charge in [0.1, 0.15) is 0 Å². The van der Waals surface area contributed by atoms with Gasteiger partial charge in [0.2, 0.25) is 5.91 Å². The maximum absolute atomic E-state index is 12.2. The van der Waals surface area contributed by atoms with Crippen LogP contribution < -0.4 is 5.32 Å². The summed E-state index contributed by atoms with van der Waals surface area (Å²) >= 11 is 0. The molecule has 1 N–H and O–H groups in total. The Kier molecular flexibility index (Phi) is 4.97. The maximum Gasteiger partial charge on any atom is 0.236 e. The second kappa shape index (κ2) is 6.71. The van der Waals surface area contributed by atoms with E-state index in [0.29, 0.717) is 12.6 Å². The number of carbonyl (C=O) groups is 1. The molecule has 1 aliphatic heterocycles. The van der Waals surface area contributed by atoms with Crippen LogP contribution in [0.5, 0.6) is 0 Å². The first-order valence-electron chi connectivity index (χ1n) is 7.28. The molecule has 1 amide bonds. The summed E-state index contributed by atoms with van der Waals surface area (Å²) < 4.78 is 0. The number of nitrogens with zero attached hydrogens (tertiary/aromatic N) is 1. The van der Waals surface area contributed by atoms with E-state index in [0.717, 1.165) is 32.4 Å². The number of fused-ring (bicyclic) bond motifs is 1. The van der Waals surface area contributed by atoms with Crippen molar-refractivity contribution in [3.8, 4) is 0 Å². The molecule has 0 aliphatic carbocycles. The fourth-order valence-corrected chi connectivity index (χ4v) is 2.43. The van der Waals surface area contributed by atoms with Gasteiger partial charge in [-0.25, -0.2) is 0 Å². The molecule has 1 atom stereocenters. The summed E-state index contributed by atoms with van der Waals surface area (Å²) in [5, 5.41) is 3.28. The maximum atomic E-state index is 12.2. The second-order valence-corrected chi connectivity index (χ2v) is 5.38. The summed E-state index contributed by atoms with van der Waals surface area (Å²) in [4.78, 5) is 14.2. The molecule has 1 aromatic carbocycles. The van der Waals surface area contributed by atoms with Gasteiger partial charge < -0.3 is 10.2 Å². The third-order valence-corrected chi connectivity index (χ3v) is 3.92. The number of benzene rings is 1. The van der Waals surface area contributed by atoms with Crippen LogP contribution in [0.15, 0.2) is 24.3 Å². The quantitative estimate of drug-likeness (QED) is 0.901. The normalized spacial score (nSPS) is 16.6. The summed E-state index contributed by atoms with van der Waals surface area (Å²) in [6.45, 7) is 6.33. The summed E-state index contributed by atoms with van der Waals surface area (Å²) in [7, 11) is 0. The van der Waals surface area contributed by atoms with Gasteiger partial charge in [-0.2, -0.15) is 0 Å². The standard InChI is InChI=1S/C16H24N2O/c1-3-13(2)17-11-16(19)18-10-6-9-14-7-4-5-8-15(14)12-18/h4-5,7-8,13,17H,3,6,9-12H2,1-2H3. The van der Waals surface area contributed by atoms with Crippen LogP contribution in [0.4, 0.5) is 0 Å². The van der Waals surface area contributed by atoms with E-state index in [9.17, 15) is 4.79 Å². The minimum absolute atomic E-state index is 0.219. The van der Waals surface area contributed by atoms with Crippen LogP contribution in [0.3, 0.4) is 0 Å². The molecule has 3 nitrogen and oxygen atoms in total. The zero-order valence-electron chi connectivity index (χ0n) is 12.0. The Morgan fingerprint density at radius 3 is 2.84 bits per heavy atom. The molecule has 1 aliphatic rings. The van der Waals surface area contributed by atoms with Crippen LogP contribution in [0, 0.1) is 0 Å². The number of nitrogens with one attached hydrogen (secondary N) is 1. The van der Waals surface area contributed by atoms with Gasteiger partial charge in [0.05, 0.1) is 6.54 Å². The molecular formula is C16H24N2O. The SMILES string of the molecule is CCC(C)NCC(=O)N1CCCc2ccccc2C1. The molecule has 0 saturated carbocycles. The van der Waals surface area contributed by atoms with E-state index >= 15 is 0 Å². The zero-order valence-corrected chi connectivity index (χ0v) is 12.0. The average Bonchev–Trinajstić information content (AvgIpc) is 2.66. The van der Waals surface area contributed by atoms with Crippen LogP contribution in [-0.2, 0) is 17.8 Å². The van der Waals surface area contributed by atoms with Crippen molar-refractivity contribution in [2.45, 2.75) is 45.7 Å². The zero-order chi connectivity index (χ0) is 13.7. The van der Waals surface area contributed by atoms with Gasteiger partial charge in [0.15, 0.2) is 0 Å².